The van der Waals surface area contributed by atoms with Crippen molar-refractivity contribution in [1.29, 1.82) is 0 Å². The molecule has 0 spiro atoms. The number of para-hydroxylation sites is 3. The van der Waals surface area contributed by atoms with Crippen LogP contribution in [0.25, 0.3) is 16.7 Å². The van der Waals surface area contributed by atoms with E-state index in [4.69, 9.17) is 0 Å². The Balaban J connectivity index is 1.23. The molecule has 0 aliphatic carbocycles. The first-order valence-electron chi connectivity index (χ1n) is 10.7. The Kier molecular flexibility index (Phi) is 6.09. The zero-order valence-electron chi connectivity index (χ0n) is 18.1. The Morgan fingerprint density at radius 3 is 2.50 bits per heavy atom. The first-order chi connectivity index (χ1) is 16.6. The molecular weight excluding hydrogens is 454 g/mol. The highest BCUT2D eigenvalue weighted by Crippen LogP contribution is 2.29. The van der Waals surface area contributed by atoms with Crippen molar-refractivity contribution in [2.75, 3.05) is 36.8 Å². The fourth-order valence-corrected chi connectivity index (χ4v) is 4.86. The third kappa shape index (κ3) is 4.29. The SMILES string of the molecule is O=C(CSc1ncnc2c1cnn2-c1ccccc1)N1CCN(c2ccccc2[N+](=O)[O-])CC1. The molecule has 0 N–H and O–H groups in total. The van der Waals surface area contributed by atoms with E-state index >= 15 is 0 Å². The van der Waals surface area contributed by atoms with Crippen LogP contribution in [-0.2, 0) is 4.79 Å². The van der Waals surface area contributed by atoms with E-state index in [0.29, 0.717) is 42.5 Å². The van der Waals surface area contributed by atoms with Crippen LogP contribution in [0.2, 0.25) is 0 Å². The van der Waals surface area contributed by atoms with E-state index in [1.54, 1.807) is 34.0 Å². The van der Waals surface area contributed by atoms with E-state index in [1.165, 1.54) is 24.2 Å². The lowest BCUT2D eigenvalue weighted by molar-refractivity contribution is -0.384. The molecule has 0 radical (unpaired) electrons. The maximum atomic E-state index is 12.9. The molecule has 10 nitrogen and oxygen atoms in total. The average molecular weight is 476 g/mol. The molecule has 1 saturated heterocycles. The third-order valence-electron chi connectivity index (χ3n) is 5.71. The number of nitro benzene ring substituents is 1. The minimum absolute atomic E-state index is 0.00873. The highest BCUT2D eigenvalue weighted by molar-refractivity contribution is 8.00. The number of hydrogen-bond donors (Lipinski definition) is 0. The van der Waals surface area contributed by atoms with Crippen molar-refractivity contribution in [3.8, 4) is 5.69 Å². The summed E-state index contributed by atoms with van der Waals surface area (Å²) in [5.41, 5.74) is 2.27. The normalized spacial score (nSPS) is 13.9. The fourth-order valence-electron chi connectivity index (χ4n) is 4.00. The Morgan fingerprint density at radius 1 is 1.00 bits per heavy atom. The van der Waals surface area contributed by atoms with Crippen molar-refractivity contribution in [3.63, 3.8) is 0 Å². The van der Waals surface area contributed by atoms with Crippen molar-refractivity contribution in [3.05, 3.63) is 77.2 Å². The summed E-state index contributed by atoms with van der Waals surface area (Å²) in [5, 5.41) is 17.3. The first kappa shape index (κ1) is 21.8. The molecule has 1 aliphatic rings. The van der Waals surface area contributed by atoms with Crippen LogP contribution in [-0.4, -0.2) is 67.4 Å². The molecule has 0 bridgehead atoms. The minimum atomic E-state index is -0.369. The summed E-state index contributed by atoms with van der Waals surface area (Å²) in [4.78, 5) is 36.3. The van der Waals surface area contributed by atoms with Crippen LogP contribution < -0.4 is 4.90 Å². The molecule has 11 heteroatoms. The summed E-state index contributed by atoms with van der Waals surface area (Å²) >= 11 is 1.37. The molecule has 1 amide bonds. The van der Waals surface area contributed by atoms with Gasteiger partial charge in [0, 0.05) is 32.2 Å². The molecule has 1 aliphatic heterocycles. The third-order valence-corrected chi connectivity index (χ3v) is 6.70. The zero-order chi connectivity index (χ0) is 23.5. The molecule has 0 unspecified atom stereocenters. The van der Waals surface area contributed by atoms with Crippen molar-refractivity contribution in [2.24, 2.45) is 0 Å². The van der Waals surface area contributed by atoms with Crippen molar-refractivity contribution < 1.29 is 9.72 Å². The molecule has 2 aromatic heterocycles. The molecule has 1 fully saturated rings. The fraction of sp³-hybridized carbons (Fsp3) is 0.217. The molecule has 0 atom stereocenters. The monoisotopic (exact) mass is 475 g/mol. The van der Waals surface area contributed by atoms with Gasteiger partial charge >= 0.3 is 0 Å². The van der Waals surface area contributed by atoms with E-state index in [1.807, 2.05) is 35.2 Å². The van der Waals surface area contributed by atoms with Gasteiger partial charge in [0.1, 0.15) is 17.0 Å². The number of thioether (sulfide) groups is 1. The van der Waals surface area contributed by atoms with Crippen molar-refractivity contribution in [2.45, 2.75) is 5.03 Å². The Morgan fingerprint density at radius 2 is 1.74 bits per heavy atom. The van der Waals surface area contributed by atoms with Gasteiger partial charge in [0.2, 0.25) is 5.91 Å². The molecule has 2 aromatic carbocycles. The summed E-state index contributed by atoms with van der Waals surface area (Å²) in [6, 6.07) is 16.4. The molecule has 172 valence electrons. The highest BCUT2D eigenvalue weighted by atomic mass is 32.2. The molecule has 4 aromatic rings. The maximum absolute atomic E-state index is 12.9. The molecule has 34 heavy (non-hydrogen) atoms. The van der Waals surface area contributed by atoms with Gasteiger partial charge in [-0.15, -0.1) is 0 Å². The number of amides is 1. The van der Waals surface area contributed by atoms with Gasteiger partial charge in [-0.1, -0.05) is 42.1 Å². The van der Waals surface area contributed by atoms with Gasteiger partial charge < -0.3 is 9.80 Å². The summed E-state index contributed by atoms with van der Waals surface area (Å²) < 4.78 is 1.75. The molecule has 3 heterocycles. The Hall–Kier alpha value is -3.99. The molecular formula is C23H21N7O3S. The van der Waals surface area contributed by atoms with Crippen LogP contribution in [0.3, 0.4) is 0 Å². The summed E-state index contributed by atoms with van der Waals surface area (Å²) in [6.45, 7) is 2.11. The Bertz CT molecular complexity index is 1340. The number of rotatable bonds is 6. The van der Waals surface area contributed by atoms with E-state index in [-0.39, 0.29) is 22.3 Å². The smallest absolute Gasteiger partial charge is 0.292 e. The van der Waals surface area contributed by atoms with Crippen LogP contribution in [0.5, 0.6) is 0 Å². The second-order valence-electron chi connectivity index (χ2n) is 7.71. The zero-order valence-corrected chi connectivity index (χ0v) is 19.0. The largest absolute Gasteiger partial charge is 0.362 e. The second kappa shape index (κ2) is 9.48. The molecule has 5 rings (SSSR count). The number of piperazine rings is 1. The number of hydrogen-bond acceptors (Lipinski definition) is 8. The lowest BCUT2D eigenvalue weighted by atomic mass is 10.2. The van der Waals surface area contributed by atoms with Crippen LogP contribution >= 0.6 is 11.8 Å². The predicted octanol–water partition coefficient (Wildman–Crippen LogP) is 3.16. The maximum Gasteiger partial charge on any atom is 0.292 e. The average Bonchev–Trinajstić information content (AvgIpc) is 3.33. The van der Waals surface area contributed by atoms with Crippen LogP contribution in [0, 0.1) is 10.1 Å². The van der Waals surface area contributed by atoms with E-state index in [2.05, 4.69) is 15.1 Å². The summed E-state index contributed by atoms with van der Waals surface area (Å²) in [7, 11) is 0. The van der Waals surface area contributed by atoms with Gasteiger partial charge in [0.15, 0.2) is 5.65 Å². The standard InChI is InChI=1S/C23H21N7O3S/c31-21(28-12-10-27(11-13-28)19-8-4-5-9-20(19)30(32)33)15-34-23-18-14-26-29(22(18)24-16-25-23)17-6-2-1-3-7-17/h1-9,14,16H,10-13,15H2. The van der Waals surface area contributed by atoms with E-state index < -0.39 is 0 Å². The quantitative estimate of drug-likeness (QED) is 0.181. The number of carbonyl (C=O) groups excluding carboxylic acids is 1. The number of fused-ring (bicyclic) bond motifs is 1. The van der Waals surface area contributed by atoms with Gasteiger partial charge in [-0.05, 0) is 18.2 Å². The number of anilines is 1. The van der Waals surface area contributed by atoms with E-state index in [9.17, 15) is 14.9 Å². The number of nitrogens with zero attached hydrogens (tertiary/aromatic N) is 7. The number of carbonyl (C=O) groups is 1. The van der Waals surface area contributed by atoms with Crippen LogP contribution in [0.15, 0.2) is 72.1 Å². The lowest BCUT2D eigenvalue weighted by Gasteiger charge is -2.35. The first-order valence-corrected chi connectivity index (χ1v) is 11.7. The van der Waals surface area contributed by atoms with Crippen molar-refractivity contribution >= 4 is 40.1 Å². The molecule has 0 saturated carbocycles. The number of benzene rings is 2. The van der Waals surface area contributed by atoms with Crippen molar-refractivity contribution in [1.82, 2.24) is 24.6 Å². The minimum Gasteiger partial charge on any atom is -0.362 e. The van der Waals surface area contributed by atoms with Crippen LogP contribution in [0.4, 0.5) is 11.4 Å². The predicted molar refractivity (Wildman–Crippen MR) is 129 cm³/mol. The number of nitro groups is 1. The number of aromatic nitrogens is 4. The lowest BCUT2D eigenvalue weighted by Crippen LogP contribution is -2.49. The Labute approximate surface area is 199 Å². The second-order valence-corrected chi connectivity index (χ2v) is 8.67. The topological polar surface area (TPSA) is 110 Å². The van der Waals surface area contributed by atoms with Gasteiger partial charge in [-0.25, -0.2) is 14.6 Å². The highest BCUT2D eigenvalue weighted by Gasteiger charge is 2.25. The van der Waals surface area contributed by atoms with Gasteiger partial charge in [-0.2, -0.15) is 5.10 Å². The summed E-state index contributed by atoms with van der Waals surface area (Å²) in [6.07, 6.45) is 3.21. The van der Waals surface area contributed by atoms with Gasteiger partial charge in [-0.3, -0.25) is 14.9 Å². The van der Waals surface area contributed by atoms with Crippen LogP contribution in [0.1, 0.15) is 0 Å². The van der Waals surface area contributed by atoms with Gasteiger partial charge in [0.05, 0.1) is 27.9 Å². The van der Waals surface area contributed by atoms with E-state index in [0.717, 1.165) is 11.1 Å². The summed E-state index contributed by atoms with van der Waals surface area (Å²) in [5.74, 6) is 0.253. The van der Waals surface area contributed by atoms with Gasteiger partial charge in [0.25, 0.3) is 5.69 Å².